The second kappa shape index (κ2) is 4.61. The molecule has 0 N–H and O–H groups in total. The number of hydrogen-bond donors (Lipinski definition) is 0. The summed E-state index contributed by atoms with van der Waals surface area (Å²) < 4.78 is 13.4. The molecule has 18 heavy (non-hydrogen) atoms. The lowest BCUT2D eigenvalue weighted by molar-refractivity contribution is 0.352. The van der Waals surface area contributed by atoms with Crippen molar-refractivity contribution in [2.75, 3.05) is 11.4 Å². The number of benzene rings is 1. The molecular formula is C15H17FN2. The Kier molecular flexibility index (Phi) is 2.95. The van der Waals surface area contributed by atoms with Gasteiger partial charge in [0.25, 0.3) is 0 Å². The van der Waals surface area contributed by atoms with E-state index < -0.39 is 0 Å². The lowest BCUT2D eigenvalue weighted by atomic mass is 9.84. The normalized spacial score (nSPS) is 26.8. The van der Waals surface area contributed by atoms with E-state index in [-0.39, 0.29) is 17.8 Å². The van der Waals surface area contributed by atoms with Crippen LogP contribution in [0.15, 0.2) is 18.2 Å². The molecular weight excluding hydrogens is 227 g/mol. The van der Waals surface area contributed by atoms with Crippen LogP contribution in [0.2, 0.25) is 0 Å². The molecule has 3 rings (SSSR count). The topological polar surface area (TPSA) is 27.0 Å². The van der Waals surface area contributed by atoms with Crippen LogP contribution in [0.25, 0.3) is 0 Å². The predicted octanol–water partition coefficient (Wildman–Crippen LogP) is 3.27. The second-order valence-corrected chi connectivity index (χ2v) is 5.30. The third kappa shape index (κ3) is 1.86. The minimum Gasteiger partial charge on any atom is -0.367 e. The molecule has 1 heterocycles. The predicted molar refractivity (Wildman–Crippen MR) is 68.8 cm³/mol. The molecule has 0 spiro atoms. The molecule has 1 aliphatic carbocycles. The van der Waals surface area contributed by atoms with Crippen molar-refractivity contribution >= 4 is 5.69 Å². The average molecular weight is 244 g/mol. The van der Waals surface area contributed by atoms with Crippen molar-refractivity contribution in [2.45, 2.75) is 38.1 Å². The summed E-state index contributed by atoms with van der Waals surface area (Å²) in [6.45, 7) is 0.932. The first-order valence-electron chi connectivity index (χ1n) is 6.74. The molecule has 0 bridgehead atoms. The van der Waals surface area contributed by atoms with Gasteiger partial charge in [0.1, 0.15) is 5.82 Å². The molecule has 0 amide bonds. The highest BCUT2D eigenvalue weighted by Gasteiger charge is 2.33. The first-order valence-corrected chi connectivity index (χ1v) is 6.74. The Labute approximate surface area is 107 Å². The number of nitrogens with zero attached hydrogens (tertiary/aromatic N) is 2. The van der Waals surface area contributed by atoms with Gasteiger partial charge in [-0.1, -0.05) is 18.9 Å². The summed E-state index contributed by atoms with van der Waals surface area (Å²) in [7, 11) is 0. The number of halogens is 1. The lowest BCUT2D eigenvalue weighted by Gasteiger charge is -2.36. The van der Waals surface area contributed by atoms with E-state index >= 15 is 0 Å². The molecule has 1 aromatic rings. The van der Waals surface area contributed by atoms with E-state index in [2.05, 4.69) is 11.0 Å². The van der Waals surface area contributed by atoms with Crippen molar-refractivity contribution in [2.24, 2.45) is 5.92 Å². The monoisotopic (exact) mass is 244 g/mol. The van der Waals surface area contributed by atoms with E-state index in [4.69, 9.17) is 0 Å². The summed E-state index contributed by atoms with van der Waals surface area (Å²) in [5.41, 5.74) is 2.24. The molecule has 0 aromatic heterocycles. The van der Waals surface area contributed by atoms with Crippen LogP contribution in [0.3, 0.4) is 0 Å². The largest absolute Gasteiger partial charge is 0.367 e. The van der Waals surface area contributed by atoms with E-state index in [0.717, 1.165) is 37.9 Å². The quantitative estimate of drug-likeness (QED) is 0.758. The van der Waals surface area contributed by atoms with Gasteiger partial charge in [-0.2, -0.15) is 5.26 Å². The standard InChI is InChI=1S/C15H17FN2/c16-13-6-5-11-7-8-18(15(11)9-13)14-4-2-1-3-12(14)10-17/h5-6,9,12,14H,1-4,7-8H2. The Balaban J connectivity index is 1.91. The van der Waals surface area contributed by atoms with Gasteiger partial charge in [0, 0.05) is 18.3 Å². The van der Waals surface area contributed by atoms with Crippen molar-refractivity contribution in [1.29, 1.82) is 5.26 Å². The molecule has 2 aliphatic rings. The zero-order chi connectivity index (χ0) is 12.5. The van der Waals surface area contributed by atoms with Crippen molar-refractivity contribution in [3.63, 3.8) is 0 Å². The Morgan fingerprint density at radius 3 is 2.94 bits per heavy atom. The minimum absolute atomic E-state index is 0.105. The van der Waals surface area contributed by atoms with Gasteiger partial charge in [0.2, 0.25) is 0 Å². The third-order valence-electron chi connectivity index (χ3n) is 4.27. The molecule has 2 atom stereocenters. The molecule has 1 aromatic carbocycles. The maximum absolute atomic E-state index is 13.4. The van der Waals surface area contributed by atoms with Gasteiger partial charge in [-0.15, -0.1) is 0 Å². The van der Waals surface area contributed by atoms with Crippen molar-refractivity contribution < 1.29 is 4.39 Å². The van der Waals surface area contributed by atoms with Gasteiger partial charge in [0.15, 0.2) is 0 Å². The number of fused-ring (bicyclic) bond motifs is 1. The molecule has 3 heteroatoms. The van der Waals surface area contributed by atoms with Crippen LogP contribution in [-0.4, -0.2) is 12.6 Å². The molecule has 2 unspecified atom stereocenters. The Morgan fingerprint density at radius 2 is 2.11 bits per heavy atom. The summed E-state index contributed by atoms with van der Waals surface area (Å²) in [5.74, 6) is -0.0714. The fraction of sp³-hybridized carbons (Fsp3) is 0.533. The lowest BCUT2D eigenvalue weighted by Crippen LogP contribution is -2.41. The highest BCUT2D eigenvalue weighted by molar-refractivity contribution is 5.59. The van der Waals surface area contributed by atoms with Crippen LogP contribution in [0.4, 0.5) is 10.1 Å². The van der Waals surface area contributed by atoms with E-state index in [1.807, 2.05) is 6.07 Å². The summed E-state index contributed by atoms with van der Waals surface area (Å²) >= 11 is 0. The van der Waals surface area contributed by atoms with E-state index in [1.165, 1.54) is 18.1 Å². The molecule has 1 fully saturated rings. The number of nitriles is 1. The first-order chi connectivity index (χ1) is 8.79. The van der Waals surface area contributed by atoms with Crippen LogP contribution in [0, 0.1) is 23.1 Å². The SMILES string of the molecule is N#CC1CCCCC1N1CCc2ccc(F)cc21. The summed E-state index contributed by atoms with van der Waals surface area (Å²) in [6, 6.07) is 7.77. The zero-order valence-electron chi connectivity index (χ0n) is 10.4. The van der Waals surface area contributed by atoms with E-state index in [1.54, 1.807) is 6.07 Å². The number of hydrogen-bond acceptors (Lipinski definition) is 2. The van der Waals surface area contributed by atoms with Gasteiger partial charge in [-0.25, -0.2) is 4.39 Å². The fourth-order valence-corrected chi connectivity index (χ4v) is 3.36. The van der Waals surface area contributed by atoms with Gasteiger partial charge in [-0.05, 0) is 37.0 Å². The van der Waals surface area contributed by atoms with Gasteiger partial charge < -0.3 is 4.90 Å². The number of rotatable bonds is 1. The molecule has 1 aliphatic heterocycles. The smallest absolute Gasteiger partial charge is 0.125 e. The van der Waals surface area contributed by atoms with Crippen LogP contribution >= 0.6 is 0 Å². The van der Waals surface area contributed by atoms with Crippen LogP contribution in [0.5, 0.6) is 0 Å². The van der Waals surface area contributed by atoms with Crippen LogP contribution in [0.1, 0.15) is 31.2 Å². The summed E-state index contributed by atoms with van der Waals surface area (Å²) in [5, 5.41) is 9.27. The minimum atomic E-state index is -0.176. The molecule has 1 saturated carbocycles. The fourth-order valence-electron chi connectivity index (χ4n) is 3.36. The number of anilines is 1. The maximum atomic E-state index is 13.4. The van der Waals surface area contributed by atoms with Gasteiger partial charge in [-0.3, -0.25) is 0 Å². The highest BCUT2D eigenvalue weighted by atomic mass is 19.1. The third-order valence-corrected chi connectivity index (χ3v) is 4.27. The van der Waals surface area contributed by atoms with E-state index in [9.17, 15) is 9.65 Å². The molecule has 0 radical (unpaired) electrons. The Hall–Kier alpha value is -1.56. The summed E-state index contributed by atoms with van der Waals surface area (Å²) in [6.07, 6.45) is 5.36. The van der Waals surface area contributed by atoms with E-state index in [0.29, 0.717) is 0 Å². The van der Waals surface area contributed by atoms with Gasteiger partial charge >= 0.3 is 0 Å². The first kappa shape index (κ1) is 11.5. The average Bonchev–Trinajstić information content (AvgIpc) is 2.81. The van der Waals surface area contributed by atoms with Crippen LogP contribution < -0.4 is 4.90 Å². The maximum Gasteiger partial charge on any atom is 0.125 e. The van der Waals surface area contributed by atoms with Gasteiger partial charge in [0.05, 0.1) is 12.0 Å². The highest BCUT2D eigenvalue weighted by Crippen LogP contribution is 2.36. The molecule has 94 valence electrons. The molecule has 0 saturated heterocycles. The van der Waals surface area contributed by atoms with Crippen molar-refractivity contribution in [3.8, 4) is 6.07 Å². The summed E-state index contributed by atoms with van der Waals surface area (Å²) in [4.78, 5) is 2.27. The Morgan fingerprint density at radius 1 is 1.28 bits per heavy atom. The molecule has 2 nitrogen and oxygen atoms in total. The Bertz CT molecular complexity index is 492. The second-order valence-electron chi connectivity index (χ2n) is 5.30. The van der Waals surface area contributed by atoms with Crippen molar-refractivity contribution in [1.82, 2.24) is 0 Å². The van der Waals surface area contributed by atoms with Crippen molar-refractivity contribution in [3.05, 3.63) is 29.6 Å². The van der Waals surface area contributed by atoms with Crippen LogP contribution in [-0.2, 0) is 6.42 Å². The zero-order valence-corrected chi connectivity index (χ0v) is 10.4.